The van der Waals surface area contributed by atoms with Gasteiger partial charge in [0.1, 0.15) is 0 Å². The first-order valence-electron chi connectivity index (χ1n) is 7.40. The molecular formula is C17H15ClFN3O2S. The first-order chi connectivity index (χ1) is 11.8. The number of para-hydroxylation sites is 1. The van der Waals surface area contributed by atoms with Crippen LogP contribution in [0.3, 0.4) is 0 Å². The van der Waals surface area contributed by atoms with Crippen molar-refractivity contribution >= 4 is 22.0 Å². The minimum Gasteiger partial charge on any atom is -0.240 e. The van der Waals surface area contributed by atoms with Crippen molar-refractivity contribution in [1.82, 2.24) is 14.1 Å². The Hall–Kier alpha value is -2.22. The molecule has 3 aromatic rings. The first kappa shape index (κ1) is 17.6. The number of nitrogens with zero attached hydrogens (tertiary/aromatic N) is 3. The monoisotopic (exact) mass is 379 g/mol. The lowest BCUT2D eigenvalue weighted by Gasteiger charge is -2.10. The summed E-state index contributed by atoms with van der Waals surface area (Å²) in [5.74, 6) is 0. The van der Waals surface area contributed by atoms with E-state index in [0.717, 1.165) is 11.3 Å². The van der Waals surface area contributed by atoms with E-state index in [9.17, 15) is 12.3 Å². The van der Waals surface area contributed by atoms with Gasteiger partial charge in [0.05, 0.1) is 11.4 Å². The molecule has 0 amide bonds. The zero-order valence-corrected chi connectivity index (χ0v) is 14.9. The van der Waals surface area contributed by atoms with Crippen LogP contribution in [0.25, 0.3) is 16.9 Å². The fourth-order valence-corrected chi connectivity index (χ4v) is 2.83. The van der Waals surface area contributed by atoms with Crippen LogP contribution in [0.5, 0.6) is 0 Å². The minimum atomic E-state index is -4.79. The molecule has 0 aliphatic rings. The molecule has 0 atom stereocenters. The number of hydrogen-bond donors (Lipinski definition) is 0. The lowest BCUT2D eigenvalue weighted by molar-refractivity contribution is 0.429. The quantitative estimate of drug-likeness (QED) is 0.633. The van der Waals surface area contributed by atoms with Gasteiger partial charge in [0, 0.05) is 35.9 Å². The van der Waals surface area contributed by atoms with Crippen LogP contribution in [0.2, 0.25) is 5.02 Å². The summed E-state index contributed by atoms with van der Waals surface area (Å²) in [4.78, 5) is 0. The van der Waals surface area contributed by atoms with Gasteiger partial charge >= 0.3 is 10.4 Å². The maximum Gasteiger partial charge on any atom is 0.374 e. The van der Waals surface area contributed by atoms with Gasteiger partial charge in [0.2, 0.25) is 0 Å². The second-order valence-corrected chi connectivity index (χ2v) is 7.37. The lowest BCUT2D eigenvalue weighted by atomic mass is 10.1. The Labute approximate surface area is 150 Å². The molecular weight excluding hydrogens is 365 g/mol. The number of halogens is 2. The van der Waals surface area contributed by atoms with E-state index in [1.165, 1.54) is 7.05 Å². The zero-order chi connectivity index (χ0) is 18.0. The summed E-state index contributed by atoms with van der Waals surface area (Å²) < 4.78 is 37.8. The highest BCUT2D eigenvalue weighted by Gasteiger charge is 2.20. The van der Waals surface area contributed by atoms with Gasteiger partial charge in [-0.3, -0.25) is 0 Å². The van der Waals surface area contributed by atoms with Gasteiger partial charge in [-0.05, 0) is 24.3 Å². The van der Waals surface area contributed by atoms with Crippen molar-refractivity contribution in [3.05, 3.63) is 71.4 Å². The van der Waals surface area contributed by atoms with Gasteiger partial charge in [-0.2, -0.15) is 17.8 Å². The molecule has 0 aliphatic carbocycles. The second-order valence-electron chi connectivity index (χ2n) is 5.49. The highest BCUT2D eigenvalue weighted by molar-refractivity contribution is 7.83. The van der Waals surface area contributed by atoms with Crippen LogP contribution in [-0.4, -0.2) is 29.6 Å². The van der Waals surface area contributed by atoms with Crippen LogP contribution in [0, 0.1) is 0 Å². The van der Waals surface area contributed by atoms with Crippen molar-refractivity contribution < 1.29 is 12.3 Å². The van der Waals surface area contributed by atoms with E-state index in [2.05, 4.69) is 5.10 Å². The van der Waals surface area contributed by atoms with E-state index < -0.39 is 10.4 Å². The van der Waals surface area contributed by atoms with Gasteiger partial charge in [-0.1, -0.05) is 45.8 Å². The minimum absolute atomic E-state index is 0.135. The van der Waals surface area contributed by atoms with Crippen molar-refractivity contribution in [2.45, 2.75) is 6.54 Å². The van der Waals surface area contributed by atoms with Crippen LogP contribution < -0.4 is 0 Å². The van der Waals surface area contributed by atoms with Crippen molar-refractivity contribution in [3.63, 3.8) is 0 Å². The molecule has 1 aromatic heterocycles. The van der Waals surface area contributed by atoms with Crippen molar-refractivity contribution in [3.8, 4) is 16.9 Å². The number of rotatable bonds is 5. The topological polar surface area (TPSA) is 55.2 Å². The summed E-state index contributed by atoms with van der Waals surface area (Å²) in [6, 6.07) is 16.4. The zero-order valence-electron chi connectivity index (χ0n) is 13.3. The van der Waals surface area contributed by atoms with Gasteiger partial charge in [0.25, 0.3) is 0 Å². The highest BCUT2D eigenvalue weighted by Crippen LogP contribution is 2.26. The summed E-state index contributed by atoms with van der Waals surface area (Å²) in [7, 11) is -3.61. The number of hydrogen-bond acceptors (Lipinski definition) is 3. The molecule has 0 saturated carbocycles. The van der Waals surface area contributed by atoms with Crippen LogP contribution >= 0.6 is 11.6 Å². The Morgan fingerprint density at radius 1 is 1.12 bits per heavy atom. The Morgan fingerprint density at radius 2 is 1.76 bits per heavy atom. The molecule has 2 aromatic carbocycles. The van der Waals surface area contributed by atoms with E-state index in [4.69, 9.17) is 11.6 Å². The Bertz CT molecular complexity index is 973. The molecule has 130 valence electrons. The van der Waals surface area contributed by atoms with Crippen molar-refractivity contribution in [1.29, 1.82) is 0 Å². The largest absolute Gasteiger partial charge is 0.374 e. The van der Waals surface area contributed by atoms with Crippen molar-refractivity contribution in [2.24, 2.45) is 0 Å². The van der Waals surface area contributed by atoms with E-state index in [-0.39, 0.29) is 6.54 Å². The SMILES string of the molecule is CN(Cc1cn(-c2ccccc2)nc1-c1ccc(Cl)cc1)S(=O)(=O)F. The molecule has 0 radical (unpaired) electrons. The molecule has 1 heterocycles. The fraction of sp³-hybridized carbons (Fsp3) is 0.118. The molecule has 0 N–H and O–H groups in total. The molecule has 8 heteroatoms. The molecule has 0 unspecified atom stereocenters. The average molecular weight is 380 g/mol. The van der Waals surface area contributed by atoms with Crippen LogP contribution in [0.15, 0.2) is 60.8 Å². The molecule has 0 aliphatic heterocycles. The van der Waals surface area contributed by atoms with Crippen LogP contribution in [0.1, 0.15) is 5.56 Å². The number of benzene rings is 2. The van der Waals surface area contributed by atoms with Gasteiger partial charge in [-0.25, -0.2) is 4.68 Å². The average Bonchev–Trinajstić information content (AvgIpc) is 2.99. The third-order valence-electron chi connectivity index (χ3n) is 3.69. The molecule has 0 fully saturated rings. The third kappa shape index (κ3) is 4.07. The van der Waals surface area contributed by atoms with Gasteiger partial charge < -0.3 is 0 Å². The molecule has 25 heavy (non-hydrogen) atoms. The standard InChI is InChI=1S/C17H15ClFN3O2S/c1-21(25(19,23)24)11-14-12-22(16-5-3-2-4-6-16)20-17(14)13-7-9-15(18)10-8-13/h2-10,12H,11H2,1H3. The Balaban J connectivity index is 2.07. The third-order valence-corrected chi connectivity index (χ3v) is 4.82. The maximum atomic E-state index is 13.2. The highest BCUT2D eigenvalue weighted by atomic mass is 35.5. The van der Waals surface area contributed by atoms with E-state index in [1.54, 1.807) is 35.1 Å². The van der Waals surface area contributed by atoms with Crippen molar-refractivity contribution in [2.75, 3.05) is 7.05 Å². The van der Waals surface area contributed by atoms with Gasteiger partial charge in [-0.15, -0.1) is 0 Å². The predicted octanol–water partition coefficient (Wildman–Crippen LogP) is 3.84. The summed E-state index contributed by atoms with van der Waals surface area (Å²) >= 11 is 5.92. The molecule has 0 bridgehead atoms. The molecule has 3 rings (SSSR count). The summed E-state index contributed by atoms with van der Waals surface area (Å²) in [6.07, 6.45) is 1.70. The summed E-state index contributed by atoms with van der Waals surface area (Å²) in [5.41, 5.74) is 2.72. The lowest BCUT2D eigenvalue weighted by Crippen LogP contribution is -2.22. The number of aromatic nitrogens is 2. The summed E-state index contributed by atoms with van der Waals surface area (Å²) in [6.45, 7) is -0.135. The molecule has 0 spiro atoms. The van der Waals surface area contributed by atoms with Crippen LogP contribution in [0.4, 0.5) is 3.89 Å². The Kier molecular flexibility index (Phi) is 4.89. The van der Waals surface area contributed by atoms with E-state index in [1.807, 2.05) is 30.3 Å². The smallest absolute Gasteiger partial charge is 0.240 e. The van der Waals surface area contributed by atoms with E-state index >= 15 is 0 Å². The predicted molar refractivity (Wildman–Crippen MR) is 95.5 cm³/mol. The second kappa shape index (κ2) is 6.95. The van der Waals surface area contributed by atoms with Gasteiger partial charge in [0.15, 0.2) is 0 Å². The molecule has 5 nitrogen and oxygen atoms in total. The van der Waals surface area contributed by atoms with E-state index in [0.29, 0.717) is 20.6 Å². The maximum absolute atomic E-state index is 13.2. The van der Waals surface area contributed by atoms with Crippen LogP contribution in [-0.2, 0) is 17.0 Å². The molecule has 0 saturated heterocycles. The summed E-state index contributed by atoms with van der Waals surface area (Å²) in [5, 5.41) is 5.12. The normalized spacial score (nSPS) is 11.8. The fourth-order valence-electron chi connectivity index (χ4n) is 2.41. The first-order valence-corrected chi connectivity index (χ1v) is 9.12. The Morgan fingerprint density at radius 3 is 2.36 bits per heavy atom.